The summed E-state index contributed by atoms with van der Waals surface area (Å²) in [5.74, 6) is -0.152. The molecular weight excluding hydrogens is 319 g/mol. The second kappa shape index (κ2) is 6.27. The fourth-order valence-corrected chi connectivity index (χ4v) is 2.01. The number of halogens is 4. The van der Waals surface area contributed by atoms with Crippen molar-refractivity contribution in [3.05, 3.63) is 58.6 Å². The average molecular weight is 330 g/mol. The number of benzene rings is 2. The molecule has 0 aliphatic carbocycles. The number of hydrogen-bond acceptors (Lipinski definition) is 2. The maximum absolute atomic E-state index is 12.8. The zero-order valence-corrected chi connectivity index (χ0v) is 12.1. The topological polar surface area (TPSA) is 38.3 Å². The Kier molecular flexibility index (Phi) is 4.61. The van der Waals surface area contributed by atoms with Crippen molar-refractivity contribution in [2.45, 2.75) is 6.18 Å². The van der Waals surface area contributed by atoms with Crippen LogP contribution in [0.5, 0.6) is 5.75 Å². The summed E-state index contributed by atoms with van der Waals surface area (Å²) >= 11 is 5.52. The first-order valence-corrected chi connectivity index (χ1v) is 6.51. The summed E-state index contributed by atoms with van der Waals surface area (Å²) in [4.78, 5) is 12.0. The van der Waals surface area contributed by atoms with Gasteiger partial charge in [0.1, 0.15) is 5.75 Å². The van der Waals surface area contributed by atoms with Crippen molar-refractivity contribution in [2.24, 2.45) is 0 Å². The molecule has 0 radical (unpaired) electrons. The Labute approximate surface area is 129 Å². The van der Waals surface area contributed by atoms with Crippen molar-refractivity contribution in [3.63, 3.8) is 0 Å². The molecule has 22 heavy (non-hydrogen) atoms. The zero-order valence-electron chi connectivity index (χ0n) is 11.4. The van der Waals surface area contributed by atoms with Crippen molar-refractivity contribution < 1.29 is 22.7 Å². The van der Waals surface area contributed by atoms with Crippen LogP contribution in [0.1, 0.15) is 15.9 Å². The molecule has 0 saturated heterocycles. The van der Waals surface area contributed by atoms with Crippen LogP contribution in [0.4, 0.5) is 18.9 Å². The number of anilines is 1. The lowest BCUT2D eigenvalue weighted by Crippen LogP contribution is -2.14. The summed E-state index contributed by atoms with van der Waals surface area (Å²) < 4.78 is 43.4. The first-order valence-electron chi connectivity index (χ1n) is 6.13. The maximum Gasteiger partial charge on any atom is 0.417 e. The number of carbonyl (C=O) groups is 1. The van der Waals surface area contributed by atoms with Crippen molar-refractivity contribution in [2.75, 3.05) is 12.4 Å². The largest absolute Gasteiger partial charge is 0.497 e. The van der Waals surface area contributed by atoms with Gasteiger partial charge in [-0.3, -0.25) is 4.79 Å². The van der Waals surface area contributed by atoms with Gasteiger partial charge in [-0.05, 0) is 30.3 Å². The first-order chi connectivity index (χ1) is 10.3. The SMILES string of the molecule is COc1cccc(NC(=O)c2ccc(Cl)c(C(F)(F)F)c2)c1. The first kappa shape index (κ1) is 16.2. The molecule has 2 aromatic rings. The Morgan fingerprint density at radius 2 is 1.91 bits per heavy atom. The van der Waals surface area contributed by atoms with E-state index < -0.39 is 22.7 Å². The lowest BCUT2D eigenvalue weighted by Gasteiger charge is -2.11. The normalized spacial score (nSPS) is 11.1. The summed E-state index contributed by atoms with van der Waals surface area (Å²) in [5, 5.41) is 2.05. The molecule has 2 rings (SSSR count). The van der Waals surface area contributed by atoms with Crippen LogP contribution in [0, 0.1) is 0 Å². The number of nitrogens with one attached hydrogen (secondary N) is 1. The minimum absolute atomic E-state index is 0.139. The summed E-state index contributed by atoms with van der Waals surface area (Å²) in [6, 6.07) is 9.48. The number of rotatable bonds is 3. The number of methoxy groups -OCH3 is 1. The molecule has 0 heterocycles. The Morgan fingerprint density at radius 3 is 2.55 bits per heavy atom. The van der Waals surface area contributed by atoms with Crippen LogP contribution in [0.15, 0.2) is 42.5 Å². The highest BCUT2D eigenvalue weighted by Crippen LogP contribution is 2.35. The Morgan fingerprint density at radius 1 is 1.18 bits per heavy atom. The summed E-state index contributed by atoms with van der Waals surface area (Å²) in [6.45, 7) is 0. The fourth-order valence-electron chi connectivity index (χ4n) is 1.79. The van der Waals surface area contributed by atoms with E-state index in [4.69, 9.17) is 16.3 Å². The molecule has 1 N–H and O–H groups in total. The van der Waals surface area contributed by atoms with Gasteiger partial charge in [-0.15, -0.1) is 0 Å². The standard InChI is InChI=1S/C15H11ClF3NO2/c1-22-11-4-2-3-10(8-11)20-14(21)9-5-6-13(16)12(7-9)15(17,18)19/h2-8H,1H3,(H,20,21). The summed E-state index contributed by atoms with van der Waals surface area (Å²) in [7, 11) is 1.47. The molecule has 0 fully saturated rings. The third-order valence-electron chi connectivity index (χ3n) is 2.86. The van der Waals surface area contributed by atoms with Gasteiger partial charge in [0, 0.05) is 17.3 Å². The molecule has 1 amide bonds. The molecule has 7 heteroatoms. The van der Waals surface area contributed by atoms with Gasteiger partial charge in [-0.1, -0.05) is 17.7 Å². The Bertz CT molecular complexity index is 701. The maximum atomic E-state index is 12.8. The second-order valence-electron chi connectivity index (χ2n) is 4.38. The average Bonchev–Trinajstić information content (AvgIpc) is 2.46. The number of amides is 1. The fraction of sp³-hybridized carbons (Fsp3) is 0.133. The molecule has 0 spiro atoms. The van der Waals surface area contributed by atoms with E-state index in [0.717, 1.165) is 12.1 Å². The molecule has 0 atom stereocenters. The highest BCUT2D eigenvalue weighted by atomic mass is 35.5. The molecule has 2 aromatic carbocycles. The van der Waals surface area contributed by atoms with Crippen molar-refractivity contribution in [3.8, 4) is 5.75 Å². The third-order valence-corrected chi connectivity index (χ3v) is 3.19. The molecule has 0 aliphatic rings. The predicted octanol–water partition coefficient (Wildman–Crippen LogP) is 4.62. The van der Waals surface area contributed by atoms with Gasteiger partial charge < -0.3 is 10.1 Å². The van der Waals surface area contributed by atoms with Crippen molar-refractivity contribution in [1.29, 1.82) is 0 Å². The van der Waals surface area contributed by atoms with Gasteiger partial charge in [-0.25, -0.2) is 0 Å². The molecule has 3 nitrogen and oxygen atoms in total. The lowest BCUT2D eigenvalue weighted by atomic mass is 10.1. The third kappa shape index (κ3) is 3.71. The molecule has 116 valence electrons. The van der Waals surface area contributed by atoms with Crippen LogP contribution >= 0.6 is 11.6 Å². The van der Waals surface area contributed by atoms with Gasteiger partial charge >= 0.3 is 6.18 Å². The number of carbonyl (C=O) groups excluding carboxylic acids is 1. The van der Waals surface area contributed by atoms with Crippen LogP contribution < -0.4 is 10.1 Å². The van der Waals surface area contributed by atoms with Crippen LogP contribution in [0.3, 0.4) is 0 Å². The van der Waals surface area contributed by atoms with E-state index in [1.165, 1.54) is 13.2 Å². The van der Waals surface area contributed by atoms with Crippen LogP contribution in [0.2, 0.25) is 5.02 Å². The van der Waals surface area contributed by atoms with E-state index in [-0.39, 0.29) is 5.56 Å². The Balaban J connectivity index is 2.26. The van der Waals surface area contributed by atoms with E-state index >= 15 is 0 Å². The second-order valence-corrected chi connectivity index (χ2v) is 4.79. The van der Waals surface area contributed by atoms with E-state index in [9.17, 15) is 18.0 Å². The van der Waals surface area contributed by atoms with Crippen LogP contribution in [-0.4, -0.2) is 13.0 Å². The minimum atomic E-state index is -4.62. The summed E-state index contributed by atoms with van der Waals surface area (Å²) in [5.41, 5.74) is -0.778. The van der Waals surface area contributed by atoms with Gasteiger partial charge in [0.2, 0.25) is 0 Å². The predicted molar refractivity (Wildman–Crippen MR) is 77.4 cm³/mol. The molecular formula is C15H11ClF3NO2. The number of alkyl halides is 3. The van der Waals surface area contributed by atoms with E-state index in [2.05, 4.69) is 5.32 Å². The van der Waals surface area contributed by atoms with Crippen molar-refractivity contribution >= 4 is 23.2 Å². The highest BCUT2D eigenvalue weighted by Gasteiger charge is 2.33. The Hall–Kier alpha value is -2.21. The van der Waals surface area contributed by atoms with Crippen LogP contribution in [0.25, 0.3) is 0 Å². The van der Waals surface area contributed by atoms with E-state index in [1.807, 2.05) is 0 Å². The van der Waals surface area contributed by atoms with Crippen LogP contribution in [-0.2, 0) is 6.18 Å². The van der Waals surface area contributed by atoms with E-state index in [0.29, 0.717) is 11.4 Å². The minimum Gasteiger partial charge on any atom is -0.497 e. The van der Waals surface area contributed by atoms with Crippen molar-refractivity contribution in [1.82, 2.24) is 0 Å². The smallest absolute Gasteiger partial charge is 0.417 e. The lowest BCUT2D eigenvalue weighted by molar-refractivity contribution is -0.137. The van der Waals surface area contributed by atoms with Gasteiger partial charge in [0.15, 0.2) is 0 Å². The number of ether oxygens (including phenoxy) is 1. The highest BCUT2D eigenvalue weighted by molar-refractivity contribution is 6.31. The van der Waals surface area contributed by atoms with E-state index in [1.54, 1.807) is 24.3 Å². The molecule has 0 aromatic heterocycles. The molecule has 0 bridgehead atoms. The molecule has 0 saturated carbocycles. The summed E-state index contributed by atoms with van der Waals surface area (Å²) in [6.07, 6.45) is -4.62. The zero-order chi connectivity index (χ0) is 16.3. The molecule has 0 unspecified atom stereocenters. The van der Waals surface area contributed by atoms with Gasteiger partial charge in [0.05, 0.1) is 17.7 Å². The molecule has 0 aliphatic heterocycles. The number of hydrogen-bond donors (Lipinski definition) is 1. The van der Waals surface area contributed by atoms with Gasteiger partial charge in [0.25, 0.3) is 5.91 Å². The van der Waals surface area contributed by atoms with Gasteiger partial charge in [-0.2, -0.15) is 13.2 Å². The quantitative estimate of drug-likeness (QED) is 0.892. The monoisotopic (exact) mass is 329 g/mol.